The van der Waals surface area contributed by atoms with Crippen LogP contribution in [0.1, 0.15) is 72.6 Å². The molecule has 0 aromatic heterocycles. The zero-order chi connectivity index (χ0) is 13.4. The highest BCUT2D eigenvalue weighted by atomic mass is 14.4. The SMILES string of the molecule is CCCC(C)C1(C(C)CCC)/C=C\CCC/C=C/1. The van der Waals surface area contributed by atoms with E-state index in [0.717, 1.165) is 11.8 Å². The lowest BCUT2D eigenvalue weighted by Crippen LogP contribution is -2.32. The molecule has 0 saturated heterocycles. The molecule has 0 fully saturated rings. The Bertz CT molecular complexity index is 244. The summed E-state index contributed by atoms with van der Waals surface area (Å²) in [5, 5.41) is 0. The molecule has 1 aliphatic rings. The Morgan fingerprint density at radius 3 is 1.72 bits per heavy atom. The maximum Gasteiger partial charge on any atom is 0.0112 e. The smallest absolute Gasteiger partial charge is 0.0112 e. The molecule has 0 heterocycles. The van der Waals surface area contributed by atoms with Gasteiger partial charge in [-0.15, -0.1) is 0 Å². The van der Waals surface area contributed by atoms with Gasteiger partial charge in [0, 0.05) is 5.41 Å². The molecule has 0 spiro atoms. The molecule has 1 rings (SSSR count). The van der Waals surface area contributed by atoms with Crippen LogP contribution in [0.4, 0.5) is 0 Å². The van der Waals surface area contributed by atoms with Gasteiger partial charge >= 0.3 is 0 Å². The first-order chi connectivity index (χ1) is 8.67. The Hall–Kier alpha value is -0.520. The predicted molar refractivity (Wildman–Crippen MR) is 82.7 cm³/mol. The Morgan fingerprint density at radius 1 is 0.889 bits per heavy atom. The van der Waals surface area contributed by atoms with Gasteiger partial charge in [-0.25, -0.2) is 0 Å². The van der Waals surface area contributed by atoms with Gasteiger partial charge in [0.1, 0.15) is 0 Å². The molecular formula is C18H32. The number of hydrogen-bond acceptors (Lipinski definition) is 0. The summed E-state index contributed by atoms with van der Waals surface area (Å²) in [6.07, 6.45) is 19.1. The highest BCUT2D eigenvalue weighted by molar-refractivity contribution is 5.17. The van der Waals surface area contributed by atoms with Gasteiger partial charge in [0.25, 0.3) is 0 Å². The van der Waals surface area contributed by atoms with Gasteiger partial charge in [0.2, 0.25) is 0 Å². The minimum Gasteiger partial charge on any atom is -0.0876 e. The van der Waals surface area contributed by atoms with E-state index >= 15 is 0 Å². The summed E-state index contributed by atoms with van der Waals surface area (Å²) < 4.78 is 0. The van der Waals surface area contributed by atoms with Crippen molar-refractivity contribution in [3.05, 3.63) is 24.3 Å². The van der Waals surface area contributed by atoms with Gasteiger partial charge in [-0.3, -0.25) is 0 Å². The summed E-state index contributed by atoms with van der Waals surface area (Å²) in [6.45, 7) is 9.52. The van der Waals surface area contributed by atoms with Crippen LogP contribution in [0.25, 0.3) is 0 Å². The Kier molecular flexibility index (Phi) is 6.75. The third-order valence-corrected chi connectivity index (χ3v) is 4.71. The van der Waals surface area contributed by atoms with Crippen LogP contribution in [0.3, 0.4) is 0 Å². The fraction of sp³-hybridized carbons (Fsp3) is 0.778. The molecule has 0 aromatic carbocycles. The fourth-order valence-electron chi connectivity index (χ4n) is 3.49. The summed E-state index contributed by atoms with van der Waals surface area (Å²) in [6, 6.07) is 0. The Morgan fingerprint density at radius 2 is 1.33 bits per heavy atom. The molecule has 2 atom stereocenters. The van der Waals surface area contributed by atoms with E-state index in [1.54, 1.807) is 0 Å². The normalized spacial score (nSPS) is 31.1. The molecule has 0 N–H and O–H groups in total. The highest BCUT2D eigenvalue weighted by Gasteiger charge is 2.35. The van der Waals surface area contributed by atoms with E-state index < -0.39 is 0 Å². The molecule has 0 saturated carbocycles. The van der Waals surface area contributed by atoms with E-state index in [1.807, 2.05) is 0 Å². The molecule has 0 amide bonds. The molecule has 1 aliphatic carbocycles. The van der Waals surface area contributed by atoms with Crippen LogP contribution in [0.2, 0.25) is 0 Å². The van der Waals surface area contributed by atoms with Crippen LogP contribution in [0.5, 0.6) is 0 Å². The van der Waals surface area contributed by atoms with E-state index in [2.05, 4.69) is 52.0 Å². The van der Waals surface area contributed by atoms with Crippen LogP contribution < -0.4 is 0 Å². The van der Waals surface area contributed by atoms with Crippen molar-refractivity contribution < 1.29 is 0 Å². The van der Waals surface area contributed by atoms with Crippen molar-refractivity contribution in [3.8, 4) is 0 Å². The van der Waals surface area contributed by atoms with E-state index in [1.165, 1.54) is 44.9 Å². The van der Waals surface area contributed by atoms with Gasteiger partial charge in [0.05, 0.1) is 0 Å². The summed E-state index contributed by atoms with van der Waals surface area (Å²) in [5.41, 5.74) is 0.312. The highest BCUT2D eigenvalue weighted by Crippen LogP contribution is 2.44. The fourth-order valence-corrected chi connectivity index (χ4v) is 3.49. The summed E-state index contributed by atoms with van der Waals surface area (Å²) >= 11 is 0. The lowest BCUT2D eigenvalue weighted by atomic mass is 9.64. The molecule has 104 valence electrons. The first-order valence-corrected chi connectivity index (χ1v) is 8.02. The molecule has 0 aromatic rings. The van der Waals surface area contributed by atoms with Crippen molar-refractivity contribution in [1.29, 1.82) is 0 Å². The van der Waals surface area contributed by atoms with Gasteiger partial charge in [-0.2, -0.15) is 0 Å². The van der Waals surface area contributed by atoms with Crippen molar-refractivity contribution in [3.63, 3.8) is 0 Å². The van der Waals surface area contributed by atoms with Crippen LogP contribution in [0, 0.1) is 17.3 Å². The number of allylic oxidation sites excluding steroid dienone is 4. The maximum absolute atomic E-state index is 2.54. The maximum atomic E-state index is 2.54. The second-order valence-electron chi connectivity index (χ2n) is 6.12. The average molecular weight is 248 g/mol. The second kappa shape index (κ2) is 7.81. The van der Waals surface area contributed by atoms with E-state index in [0.29, 0.717) is 5.41 Å². The predicted octanol–water partition coefficient (Wildman–Crippen LogP) is 6.14. The Labute approximate surface area is 115 Å². The van der Waals surface area contributed by atoms with Crippen molar-refractivity contribution >= 4 is 0 Å². The summed E-state index contributed by atoms with van der Waals surface area (Å²) in [4.78, 5) is 0. The first kappa shape index (κ1) is 15.5. The van der Waals surface area contributed by atoms with Gasteiger partial charge < -0.3 is 0 Å². The molecule has 0 radical (unpaired) electrons. The monoisotopic (exact) mass is 248 g/mol. The summed E-state index contributed by atoms with van der Waals surface area (Å²) in [5.74, 6) is 1.52. The lowest BCUT2D eigenvalue weighted by Gasteiger charge is -2.40. The van der Waals surface area contributed by atoms with Crippen LogP contribution in [0.15, 0.2) is 24.3 Å². The minimum atomic E-state index is 0.312. The summed E-state index contributed by atoms with van der Waals surface area (Å²) in [7, 11) is 0. The topological polar surface area (TPSA) is 0 Å². The lowest BCUT2D eigenvalue weighted by molar-refractivity contribution is 0.192. The third kappa shape index (κ3) is 3.73. The Balaban J connectivity index is 3.00. The minimum absolute atomic E-state index is 0.312. The van der Waals surface area contributed by atoms with E-state index in [-0.39, 0.29) is 0 Å². The quantitative estimate of drug-likeness (QED) is 0.495. The van der Waals surface area contributed by atoms with Gasteiger partial charge in [-0.1, -0.05) is 64.8 Å². The first-order valence-electron chi connectivity index (χ1n) is 8.02. The average Bonchev–Trinajstić information content (AvgIpc) is 2.29. The molecule has 0 heteroatoms. The van der Waals surface area contributed by atoms with Crippen LogP contribution in [-0.4, -0.2) is 0 Å². The van der Waals surface area contributed by atoms with Crippen molar-refractivity contribution in [2.45, 2.75) is 72.6 Å². The number of rotatable bonds is 6. The van der Waals surface area contributed by atoms with E-state index in [9.17, 15) is 0 Å². The van der Waals surface area contributed by atoms with Crippen LogP contribution in [-0.2, 0) is 0 Å². The molecule has 0 nitrogen and oxygen atoms in total. The van der Waals surface area contributed by atoms with Gasteiger partial charge in [0.15, 0.2) is 0 Å². The van der Waals surface area contributed by atoms with Crippen molar-refractivity contribution in [1.82, 2.24) is 0 Å². The largest absolute Gasteiger partial charge is 0.0876 e. The molecular weight excluding hydrogens is 216 g/mol. The molecule has 0 aliphatic heterocycles. The third-order valence-electron chi connectivity index (χ3n) is 4.71. The zero-order valence-corrected chi connectivity index (χ0v) is 12.9. The van der Waals surface area contributed by atoms with Crippen LogP contribution >= 0.6 is 0 Å². The van der Waals surface area contributed by atoms with E-state index in [4.69, 9.17) is 0 Å². The molecule has 2 unspecified atom stereocenters. The zero-order valence-electron chi connectivity index (χ0n) is 12.9. The molecule has 18 heavy (non-hydrogen) atoms. The van der Waals surface area contributed by atoms with Crippen molar-refractivity contribution in [2.75, 3.05) is 0 Å². The van der Waals surface area contributed by atoms with Gasteiger partial charge in [-0.05, 0) is 43.9 Å². The standard InChI is InChI=1S/C18H32/c1-5-12-16(3)18(17(4)13-6-2)14-10-8-7-9-11-15-18/h10-11,14-17H,5-9,12-13H2,1-4H3/b14-10-,15-11+. The number of hydrogen-bond donors (Lipinski definition) is 0. The molecule has 0 bridgehead atoms. The van der Waals surface area contributed by atoms with Crippen molar-refractivity contribution in [2.24, 2.45) is 17.3 Å². The second-order valence-corrected chi connectivity index (χ2v) is 6.12.